The van der Waals surface area contributed by atoms with E-state index in [4.69, 9.17) is 4.74 Å². The number of benzene rings is 3. The van der Waals surface area contributed by atoms with E-state index in [0.29, 0.717) is 5.69 Å². The second-order valence-corrected chi connectivity index (χ2v) is 10.3. The summed E-state index contributed by atoms with van der Waals surface area (Å²) in [5, 5.41) is 10.8. The number of nitrogens with zero attached hydrogens (tertiary/aromatic N) is 2. The van der Waals surface area contributed by atoms with E-state index in [1.54, 1.807) is 12.1 Å². The summed E-state index contributed by atoms with van der Waals surface area (Å²) in [7, 11) is 0. The predicted molar refractivity (Wildman–Crippen MR) is 139 cm³/mol. The standard InChI is InChI=1S/C30H24N2O7/c33-25(18-9-11-21(12-10-18)32(37)38)16-39-30(36)19-7-4-8-22(13-19)31-28(34)26-20-14-23(17-5-2-1-3-6-17)24(15-20)27(26)29(31)35/h1-13,20,23-24,26-27H,14-16H2/t20-,23-,24+,26+,27+/m0/s1. The van der Waals surface area contributed by atoms with Gasteiger partial charge in [0.2, 0.25) is 11.8 Å². The fraction of sp³-hybridized carbons (Fsp3) is 0.267. The first-order valence-corrected chi connectivity index (χ1v) is 12.8. The molecule has 3 fully saturated rings. The molecule has 1 heterocycles. The Morgan fingerprint density at radius 1 is 0.872 bits per heavy atom. The summed E-state index contributed by atoms with van der Waals surface area (Å²) in [5.74, 6) is -1.92. The Morgan fingerprint density at radius 2 is 1.59 bits per heavy atom. The number of carbonyl (C=O) groups is 4. The molecule has 0 radical (unpaired) electrons. The molecule has 1 aliphatic heterocycles. The molecular formula is C30H24N2O7. The van der Waals surface area contributed by atoms with Gasteiger partial charge in [-0.15, -0.1) is 0 Å². The Balaban J connectivity index is 1.15. The lowest BCUT2D eigenvalue weighted by molar-refractivity contribution is -0.384. The van der Waals surface area contributed by atoms with Gasteiger partial charge in [-0.25, -0.2) is 4.79 Å². The van der Waals surface area contributed by atoms with Crippen LogP contribution in [0.3, 0.4) is 0 Å². The highest BCUT2D eigenvalue weighted by atomic mass is 16.6. The third kappa shape index (κ3) is 4.20. The van der Waals surface area contributed by atoms with E-state index in [1.807, 2.05) is 18.2 Å². The third-order valence-electron chi connectivity index (χ3n) is 8.32. The molecule has 39 heavy (non-hydrogen) atoms. The van der Waals surface area contributed by atoms with Crippen LogP contribution in [0.15, 0.2) is 78.9 Å². The molecule has 2 saturated carbocycles. The molecule has 9 heteroatoms. The Morgan fingerprint density at radius 3 is 2.31 bits per heavy atom. The number of Topliss-reactive ketones (excluding diaryl/α,β-unsaturated/α-hetero) is 1. The van der Waals surface area contributed by atoms with Gasteiger partial charge in [-0.05, 0) is 66.5 Å². The Labute approximate surface area is 223 Å². The van der Waals surface area contributed by atoms with Gasteiger partial charge in [-0.2, -0.15) is 0 Å². The van der Waals surface area contributed by atoms with Crippen molar-refractivity contribution in [2.24, 2.45) is 23.7 Å². The maximum Gasteiger partial charge on any atom is 0.338 e. The van der Waals surface area contributed by atoms with Gasteiger partial charge in [-0.3, -0.25) is 29.4 Å². The molecule has 2 amide bonds. The molecule has 0 spiro atoms. The minimum atomic E-state index is -0.782. The van der Waals surface area contributed by atoms with Gasteiger partial charge >= 0.3 is 5.97 Å². The van der Waals surface area contributed by atoms with Crippen molar-refractivity contribution in [1.82, 2.24) is 0 Å². The zero-order valence-corrected chi connectivity index (χ0v) is 20.8. The van der Waals surface area contributed by atoms with E-state index in [-0.39, 0.29) is 58.2 Å². The maximum absolute atomic E-state index is 13.6. The van der Waals surface area contributed by atoms with Crippen molar-refractivity contribution in [3.05, 3.63) is 106 Å². The SMILES string of the molecule is O=C(COC(=O)c1cccc(N2C(=O)[C@@H]3[C@@H]4C[C@@H]([C@H]3C2=O)[C@H](c2ccccc2)C4)c1)c1ccc([N+](=O)[O-])cc1. The van der Waals surface area contributed by atoms with E-state index in [0.717, 1.165) is 12.8 Å². The second kappa shape index (κ2) is 9.58. The number of esters is 1. The summed E-state index contributed by atoms with van der Waals surface area (Å²) >= 11 is 0. The van der Waals surface area contributed by atoms with Gasteiger partial charge in [-0.1, -0.05) is 36.4 Å². The fourth-order valence-corrected chi connectivity index (χ4v) is 6.64. The molecule has 2 bridgehead atoms. The number of amides is 2. The van der Waals surface area contributed by atoms with Crippen LogP contribution >= 0.6 is 0 Å². The Hall–Kier alpha value is -4.66. The van der Waals surface area contributed by atoms with Gasteiger partial charge in [0.1, 0.15) is 0 Å². The van der Waals surface area contributed by atoms with Crippen molar-refractivity contribution >= 4 is 34.9 Å². The minimum Gasteiger partial charge on any atom is -0.454 e. The normalized spacial score (nSPS) is 25.0. The summed E-state index contributed by atoms with van der Waals surface area (Å²) in [6.07, 6.45) is 1.76. The molecule has 196 valence electrons. The number of imide groups is 1. The molecule has 0 unspecified atom stereocenters. The van der Waals surface area contributed by atoms with Crippen LogP contribution in [0.2, 0.25) is 0 Å². The van der Waals surface area contributed by atoms with E-state index in [2.05, 4.69) is 12.1 Å². The number of fused-ring (bicyclic) bond motifs is 5. The zero-order valence-electron chi connectivity index (χ0n) is 20.8. The number of ether oxygens (including phenoxy) is 1. The van der Waals surface area contributed by atoms with Crippen molar-refractivity contribution in [3.63, 3.8) is 0 Å². The van der Waals surface area contributed by atoms with Crippen LogP contribution in [0.25, 0.3) is 0 Å². The minimum absolute atomic E-state index is 0.104. The molecule has 3 aliphatic rings. The van der Waals surface area contributed by atoms with E-state index in [1.165, 1.54) is 46.9 Å². The first-order valence-electron chi connectivity index (χ1n) is 12.8. The highest BCUT2D eigenvalue weighted by Gasteiger charge is 2.64. The van der Waals surface area contributed by atoms with Gasteiger partial charge in [0, 0.05) is 17.7 Å². The summed E-state index contributed by atoms with van der Waals surface area (Å²) in [6.45, 7) is -0.559. The molecule has 1 saturated heterocycles. The number of carbonyl (C=O) groups excluding carboxylic acids is 4. The largest absolute Gasteiger partial charge is 0.454 e. The maximum atomic E-state index is 13.6. The number of non-ortho nitro benzene ring substituents is 1. The monoisotopic (exact) mass is 524 g/mol. The molecule has 5 atom stereocenters. The summed E-state index contributed by atoms with van der Waals surface area (Å²) in [5.41, 5.74) is 1.64. The molecule has 2 aliphatic carbocycles. The third-order valence-corrected chi connectivity index (χ3v) is 8.32. The molecule has 3 aromatic rings. The van der Waals surface area contributed by atoms with Gasteiger partial charge in [0.25, 0.3) is 5.69 Å². The van der Waals surface area contributed by atoms with Crippen molar-refractivity contribution < 1.29 is 28.8 Å². The topological polar surface area (TPSA) is 124 Å². The van der Waals surface area contributed by atoms with Crippen molar-refractivity contribution in [2.75, 3.05) is 11.5 Å². The van der Waals surface area contributed by atoms with Crippen molar-refractivity contribution in [3.8, 4) is 0 Å². The summed E-state index contributed by atoms with van der Waals surface area (Å²) in [6, 6.07) is 21.2. The average molecular weight is 525 g/mol. The van der Waals surface area contributed by atoms with Gasteiger partial charge in [0.15, 0.2) is 12.4 Å². The molecule has 6 rings (SSSR count). The highest BCUT2D eigenvalue weighted by Crippen LogP contribution is 2.61. The zero-order chi connectivity index (χ0) is 27.3. The molecule has 9 nitrogen and oxygen atoms in total. The van der Waals surface area contributed by atoms with Crippen LogP contribution < -0.4 is 4.90 Å². The predicted octanol–water partition coefficient (Wildman–Crippen LogP) is 4.56. The van der Waals surface area contributed by atoms with Crippen LogP contribution in [0.1, 0.15) is 45.0 Å². The lowest BCUT2D eigenvalue weighted by Crippen LogP contribution is -2.33. The van der Waals surface area contributed by atoms with Crippen LogP contribution in [0, 0.1) is 33.8 Å². The highest BCUT2D eigenvalue weighted by molar-refractivity contribution is 6.23. The fourth-order valence-electron chi connectivity index (χ4n) is 6.64. The first-order chi connectivity index (χ1) is 18.8. The number of rotatable bonds is 7. The smallest absolute Gasteiger partial charge is 0.338 e. The average Bonchev–Trinajstić information content (AvgIpc) is 3.63. The number of anilines is 1. The summed E-state index contributed by atoms with van der Waals surface area (Å²) in [4.78, 5) is 63.6. The second-order valence-electron chi connectivity index (χ2n) is 10.3. The first kappa shape index (κ1) is 24.7. The number of ketones is 1. The van der Waals surface area contributed by atoms with Gasteiger partial charge < -0.3 is 4.74 Å². The van der Waals surface area contributed by atoms with E-state index in [9.17, 15) is 29.3 Å². The van der Waals surface area contributed by atoms with E-state index < -0.39 is 23.3 Å². The van der Waals surface area contributed by atoms with Crippen LogP contribution in [-0.4, -0.2) is 35.1 Å². The molecular weight excluding hydrogens is 500 g/mol. The summed E-state index contributed by atoms with van der Waals surface area (Å²) < 4.78 is 5.16. The lowest BCUT2D eigenvalue weighted by Gasteiger charge is -2.28. The molecule has 0 aromatic heterocycles. The van der Waals surface area contributed by atoms with E-state index >= 15 is 0 Å². The quantitative estimate of drug-likeness (QED) is 0.146. The number of hydrogen-bond donors (Lipinski definition) is 0. The molecule has 3 aromatic carbocycles. The van der Waals surface area contributed by atoms with Crippen LogP contribution in [-0.2, 0) is 14.3 Å². The van der Waals surface area contributed by atoms with Gasteiger partial charge in [0.05, 0.1) is 28.0 Å². The Kier molecular flexibility index (Phi) is 6.06. The number of hydrogen-bond acceptors (Lipinski definition) is 7. The van der Waals surface area contributed by atoms with Crippen molar-refractivity contribution in [1.29, 1.82) is 0 Å². The Bertz CT molecular complexity index is 1500. The number of nitro groups is 1. The number of nitro benzene ring substituents is 1. The lowest BCUT2D eigenvalue weighted by atomic mass is 9.73. The van der Waals surface area contributed by atoms with Crippen LogP contribution in [0.5, 0.6) is 0 Å². The molecule has 0 N–H and O–H groups in total. The van der Waals surface area contributed by atoms with Crippen molar-refractivity contribution in [2.45, 2.75) is 18.8 Å². The van der Waals surface area contributed by atoms with Crippen LogP contribution in [0.4, 0.5) is 11.4 Å².